The van der Waals surface area contributed by atoms with E-state index in [-0.39, 0.29) is 18.8 Å². The maximum atomic E-state index is 13.8. The average molecular weight is 665 g/mol. The van der Waals surface area contributed by atoms with E-state index in [2.05, 4.69) is 71.8 Å². The first-order valence-electron chi connectivity index (χ1n) is 18.2. The van der Waals surface area contributed by atoms with Crippen molar-refractivity contribution in [2.45, 2.75) is 96.5 Å². The smallest absolute Gasteiger partial charge is 0.0981 e. The van der Waals surface area contributed by atoms with E-state index < -0.39 is 48.1 Å². The van der Waals surface area contributed by atoms with Crippen LogP contribution in [0.1, 0.15) is 70.9 Å². The van der Waals surface area contributed by atoms with E-state index in [4.69, 9.17) is 0 Å². The van der Waals surface area contributed by atoms with Crippen molar-refractivity contribution in [2.75, 3.05) is 47.8 Å². The second-order valence-corrected chi connectivity index (χ2v) is 13.9. The Kier molecular flexibility index (Phi) is 9.57. The van der Waals surface area contributed by atoms with Crippen LogP contribution in [0.2, 0.25) is 0 Å². The van der Waals surface area contributed by atoms with Gasteiger partial charge < -0.3 is 40.0 Å². The molecule has 4 aliphatic rings. The molecule has 2 fully saturated rings. The fourth-order valence-corrected chi connectivity index (χ4v) is 8.98. The van der Waals surface area contributed by atoms with Crippen LogP contribution in [-0.2, 0) is 0 Å². The van der Waals surface area contributed by atoms with Gasteiger partial charge in [0.25, 0.3) is 0 Å². The Morgan fingerprint density at radius 2 is 0.837 bits per heavy atom. The Balaban J connectivity index is 0.00000101. The molecule has 2 aliphatic carbocycles. The highest BCUT2D eigenvalue weighted by Crippen LogP contribution is 2.54. The van der Waals surface area contributed by atoms with Gasteiger partial charge in [-0.1, -0.05) is 94.5 Å². The van der Waals surface area contributed by atoms with Crippen LogP contribution in [0.4, 0.5) is 22.7 Å². The lowest BCUT2D eigenvalue weighted by atomic mass is 9.56. The minimum absolute atomic E-state index is 0.0588. The van der Waals surface area contributed by atoms with Gasteiger partial charge in [0, 0.05) is 50.3 Å². The summed E-state index contributed by atoms with van der Waals surface area (Å²) in [6, 6.07) is 20.3. The summed E-state index contributed by atoms with van der Waals surface area (Å²) in [6.07, 6.45) is -4.32. The third-order valence-corrected chi connectivity index (χ3v) is 12.1. The molecule has 0 N–H and O–H groups in total. The summed E-state index contributed by atoms with van der Waals surface area (Å²) < 4.78 is 0. The van der Waals surface area contributed by atoms with Crippen LogP contribution in [0.25, 0.3) is 21.5 Å². The number of anilines is 4. The Morgan fingerprint density at radius 3 is 1.18 bits per heavy atom. The lowest BCUT2D eigenvalue weighted by molar-refractivity contribution is -0.567. The van der Waals surface area contributed by atoms with Crippen LogP contribution >= 0.6 is 0 Å². The van der Waals surface area contributed by atoms with Crippen LogP contribution in [0.15, 0.2) is 60.7 Å². The van der Waals surface area contributed by atoms with Crippen LogP contribution in [0, 0.1) is 11.8 Å². The summed E-state index contributed by atoms with van der Waals surface area (Å²) in [6.45, 7) is 12.2. The highest BCUT2D eigenvalue weighted by atomic mass is 16.3. The standard InChI is InChI=1S/C37H40N4O4.2C2H6/c1-18-38(3)26-11-7-9-20-13-15-22(32(28(20)26)40(18)5)30-34(42)24(35(30)43)17-25-36(44)31(37(25)45)23-16-14-21-10-8-12-27-29(21)33(23)41(6)19(2)39(27)4;2*1-2/h7-16,18-19,24-25,30-31,34-37H,17H2,1-6H3;2*1-2H3/q-4;;. The molecule has 49 heavy (non-hydrogen) atoms. The summed E-state index contributed by atoms with van der Waals surface area (Å²) >= 11 is 0. The molecule has 0 bridgehead atoms. The second kappa shape index (κ2) is 13.3. The Morgan fingerprint density at radius 1 is 0.490 bits per heavy atom. The summed E-state index contributed by atoms with van der Waals surface area (Å²) in [5.74, 6) is -2.83. The van der Waals surface area contributed by atoms with Crippen LogP contribution in [0.3, 0.4) is 0 Å². The van der Waals surface area contributed by atoms with Gasteiger partial charge in [-0.3, -0.25) is 0 Å². The summed E-state index contributed by atoms with van der Waals surface area (Å²) in [5, 5.41) is 59.5. The fraction of sp³-hybridized carbons (Fsp3) is 0.512. The van der Waals surface area contributed by atoms with Crippen molar-refractivity contribution in [3.05, 3.63) is 71.8 Å². The molecule has 2 aliphatic heterocycles. The van der Waals surface area contributed by atoms with Gasteiger partial charge in [-0.2, -0.15) is 0 Å². The number of nitrogens with zero attached hydrogens (tertiary/aromatic N) is 4. The third kappa shape index (κ3) is 5.01. The number of hydrogen-bond acceptors (Lipinski definition) is 8. The lowest BCUT2D eigenvalue weighted by Gasteiger charge is -2.68. The van der Waals surface area contributed by atoms with E-state index in [9.17, 15) is 20.4 Å². The van der Waals surface area contributed by atoms with Gasteiger partial charge in [-0.15, -0.1) is 24.4 Å². The molecule has 0 spiro atoms. The van der Waals surface area contributed by atoms with Gasteiger partial charge in [0.05, 0.1) is 23.7 Å². The Labute approximate surface area is 292 Å². The zero-order chi connectivity index (χ0) is 35.6. The minimum Gasteiger partial charge on any atom is -0.851 e. The van der Waals surface area contributed by atoms with E-state index in [0.717, 1.165) is 55.4 Å². The summed E-state index contributed by atoms with van der Waals surface area (Å²) in [7, 11) is 8.16. The minimum atomic E-state index is -1.14. The van der Waals surface area contributed by atoms with Crippen molar-refractivity contribution in [2.24, 2.45) is 11.8 Å². The Hall–Kier alpha value is -3.56. The number of benzene rings is 4. The maximum absolute atomic E-state index is 13.8. The molecule has 4 aromatic carbocycles. The van der Waals surface area contributed by atoms with Gasteiger partial charge >= 0.3 is 0 Å². The van der Waals surface area contributed by atoms with Crippen LogP contribution in [-0.4, -0.2) is 64.9 Å². The molecule has 0 amide bonds. The molecular formula is C41H52N4O4-4. The quantitative estimate of drug-likeness (QED) is 0.323. The monoisotopic (exact) mass is 664 g/mol. The molecule has 4 aromatic rings. The van der Waals surface area contributed by atoms with Gasteiger partial charge in [0.1, 0.15) is 0 Å². The van der Waals surface area contributed by atoms with Gasteiger partial charge in [-0.05, 0) is 59.7 Å². The first kappa shape index (κ1) is 35.3. The third-order valence-electron chi connectivity index (χ3n) is 12.1. The van der Waals surface area contributed by atoms with E-state index >= 15 is 0 Å². The maximum Gasteiger partial charge on any atom is 0.0981 e. The molecule has 2 saturated carbocycles. The molecule has 0 aromatic heterocycles. The van der Waals surface area contributed by atoms with E-state index in [1.807, 2.05) is 78.2 Å². The van der Waals surface area contributed by atoms with Crippen molar-refractivity contribution in [1.29, 1.82) is 0 Å². The number of rotatable bonds is 4. The largest absolute Gasteiger partial charge is 0.851 e. The topological polar surface area (TPSA) is 105 Å². The second-order valence-electron chi connectivity index (χ2n) is 13.9. The highest BCUT2D eigenvalue weighted by molar-refractivity contribution is 6.08. The Bertz CT molecular complexity index is 1680. The summed E-state index contributed by atoms with van der Waals surface area (Å²) in [4.78, 5) is 8.74. The van der Waals surface area contributed by atoms with Gasteiger partial charge in [0.15, 0.2) is 0 Å². The van der Waals surface area contributed by atoms with E-state index in [0.29, 0.717) is 0 Å². The molecule has 2 heterocycles. The SMILES string of the molecule is CC.CC.CC1N(C)c2cccc3ccc(C4C([O-])C(CC5C([O-])C(c6ccc7cccc8c7c6N(C)C(C)N8C)C5[O-])C4[O-])c(c23)N1C. The predicted molar refractivity (Wildman–Crippen MR) is 195 cm³/mol. The first-order chi connectivity index (χ1) is 23.5. The van der Waals surface area contributed by atoms with Gasteiger partial charge in [0.2, 0.25) is 0 Å². The zero-order valence-corrected chi connectivity index (χ0v) is 30.7. The highest BCUT2D eigenvalue weighted by Gasteiger charge is 2.46. The van der Waals surface area contributed by atoms with Crippen molar-refractivity contribution in [3.8, 4) is 0 Å². The fourth-order valence-electron chi connectivity index (χ4n) is 8.98. The van der Waals surface area contributed by atoms with E-state index in [1.54, 1.807) is 0 Å². The molecular weight excluding hydrogens is 612 g/mol. The van der Waals surface area contributed by atoms with E-state index in [1.165, 1.54) is 0 Å². The molecule has 264 valence electrons. The lowest BCUT2D eigenvalue weighted by Crippen LogP contribution is -2.70. The molecule has 6 unspecified atom stereocenters. The molecule has 8 heteroatoms. The zero-order valence-electron chi connectivity index (χ0n) is 30.7. The van der Waals surface area contributed by atoms with Crippen molar-refractivity contribution >= 4 is 44.3 Å². The predicted octanol–water partition coefficient (Wildman–Crippen LogP) is 3.94. The summed E-state index contributed by atoms with van der Waals surface area (Å²) in [5.41, 5.74) is 5.69. The van der Waals surface area contributed by atoms with Crippen LogP contribution < -0.4 is 40.0 Å². The van der Waals surface area contributed by atoms with Crippen molar-refractivity contribution in [1.82, 2.24) is 0 Å². The van der Waals surface area contributed by atoms with Crippen molar-refractivity contribution < 1.29 is 20.4 Å². The van der Waals surface area contributed by atoms with Crippen molar-refractivity contribution in [3.63, 3.8) is 0 Å². The molecule has 0 radical (unpaired) electrons. The molecule has 0 saturated heterocycles. The van der Waals surface area contributed by atoms with Gasteiger partial charge in [-0.25, -0.2) is 0 Å². The molecule has 6 atom stereocenters. The van der Waals surface area contributed by atoms with Crippen LogP contribution in [0.5, 0.6) is 0 Å². The molecule has 8 nitrogen and oxygen atoms in total. The normalized spacial score (nSPS) is 31.4. The first-order valence-corrected chi connectivity index (χ1v) is 18.2. The molecule has 8 rings (SSSR count). The number of hydrogen-bond donors (Lipinski definition) is 0. The average Bonchev–Trinajstić information content (AvgIpc) is 3.13.